The van der Waals surface area contributed by atoms with Crippen LogP contribution in [-0.4, -0.2) is 35.7 Å². The van der Waals surface area contributed by atoms with Crippen molar-refractivity contribution in [1.82, 2.24) is 14.9 Å². The predicted octanol–water partition coefficient (Wildman–Crippen LogP) is 6.00. The fraction of sp³-hybridized carbons (Fsp3) is 0.333. The molecule has 188 valence electrons. The fourth-order valence-electron chi connectivity index (χ4n) is 4.26. The lowest BCUT2D eigenvalue weighted by molar-refractivity contribution is 0.0953. The molecule has 0 radical (unpaired) electrons. The van der Waals surface area contributed by atoms with E-state index in [2.05, 4.69) is 54.1 Å². The Balaban J connectivity index is 1.34. The number of rotatable bonds is 12. The molecule has 1 amide bonds. The number of nitrogens with one attached hydrogen (secondary N) is 1. The van der Waals surface area contributed by atoms with E-state index in [1.54, 1.807) is 19.2 Å². The highest BCUT2D eigenvalue weighted by Crippen LogP contribution is 2.22. The van der Waals surface area contributed by atoms with Gasteiger partial charge in [-0.15, -0.1) is 0 Å². The van der Waals surface area contributed by atoms with Crippen molar-refractivity contribution in [3.8, 4) is 11.5 Å². The normalized spacial score (nSPS) is 11.9. The SMILES string of the molecule is CCC(C)c1ccc(OCCCn2c(CCNC(=O)c3cccc(OC)c3)nc3ccccc32)cc1. The first-order chi connectivity index (χ1) is 17.6. The molecular formula is C30H35N3O3. The van der Waals surface area contributed by atoms with E-state index in [0.29, 0.717) is 36.8 Å². The summed E-state index contributed by atoms with van der Waals surface area (Å²) in [5.41, 5.74) is 3.99. The van der Waals surface area contributed by atoms with Gasteiger partial charge in [-0.05, 0) is 66.8 Å². The Morgan fingerprint density at radius 1 is 1.03 bits per heavy atom. The van der Waals surface area contributed by atoms with Crippen LogP contribution in [0.15, 0.2) is 72.8 Å². The summed E-state index contributed by atoms with van der Waals surface area (Å²) in [6.07, 6.45) is 2.63. The number of carbonyl (C=O) groups excluding carboxylic acids is 1. The van der Waals surface area contributed by atoms with Gasteiger partial charge in [0.1, 0.15) is 17.3 Å². The second-order valence-electron chi connectivity index (χ2n) is 8.99. The molecule has 6 heteroatoms. The van der Waals surface area contributed by atoms with Gasteiger partial charge in [-0.1, -0.05) is 44.2 Å². The molecule has 36 heavy (non-hydrogen) atoms. The van der Waals surface area contributed by atoms with E-state index in [1.165, 1.54) is 5.56 Å². The number of methoxy groups -OCH3 is 1. The highest BCUT2D eigenvalue weighted by molar-refractivity contribution is 5.94. The molecule has 0 bridgehead atoms. The van der Waals surface area contributed by atoms with Crippen LogP contribution in [0.25, 0.3) is 11.0 Å². The zero-order chi connectivity index (χ0) is 25.3. The van der Waals surface area contributed by atoms with Crippen LogP contribution < -0.4 is 14.8 Å². The summed E-state index contributed by atoms with van der Waals surface area (Å²) < 4.78 is 13.5. The van der Waals surface area contributed by atoms with E-state index in [1.807, 2.05) is 30.3 Å². The largest absolute Gasteiger partial charge is 0.497 e. The van der Waals surface area contributed by atoms with Crippen molar-refractivity contribution in [1.29, 1.82) is 0 Å². The second-order valence-corrected chi connectivity index (χ2v) is 8.99. The van der Waals surface area contributed by atoms with Gasteiger partial charge < -0.3 is 19.4 Å². The maximum absolute atomic E-state index is 12.6. The molecule has 4 aromatic rings. The molecule has 4 rings (SSSR count). The van der Waals surface area contributed by atoms with Gasteiger partial charge in [0, 0.05) is 25.1 Å². The number of benzene rings is 3. The van der Waals surface area contributed by atoms with Gasteiger partial charge in [0.05, 0.1) is 24.8 Å². The number of hydrogen-bond acceptors (Lipinski definition) is 4. The summed E-state index contributed by atoms with van der Waals surface area (Å²) in [6.45, 7) is 6.37. The third-order valence-corrected chi connectivity index (χ3v) is 6.56. The molecule has 1 heterocycles. The van der Waals surface area contributed by atoms with Crippen molar-refractivity contribution in [3.63, 3.8) is 0 Å². The quantitative estimate of drug-likeness (QED) is 0.250. The first kappa shape index (κ1) is 25.3. The van der Waals surface area contributed by atoms with Gasteiger partial charge in [-0.2, -0.15) is 0 Å². The van der Waals surface area contributed by atoms with Crippen LogP contribution in [0, 0.1) is 0 Å². The van der Waals surface area contributed by atoms with Gasteiger partial charge in [0.15, 0.2) is 0 Å². The van der Waals surface area contributed by atoms with Crippen LogP contribution in [0.4, 0.5) is 0 Å². The van der Waals surface area contributed by atoms with Crippen LogP contribution in [0.5, 0.6) is 11.5 Å². The number of hydrogen-bond donors (Lipinski definition) is 1. The Morgan fingerprint density at radius 2 is 1.83 bits per heavy atom. The minimum atomic E-state index is -0.121. The Hall–Kier alpha value is -3.80. The maximum Gasteiger partial charge on any atom is 0.251 e. The van der Waals surface area contributed by atoms with E-state index in [9.17, 15) is 4.79 Å². The predicted molar refractivity (Wildman–Crippen MR) is 144 cm³/mol. The van der Waals surface area contributed by atoms with Crippen molar-refractivity contribution in [2.75, 3.05) is 20.3 Å². The topological polar surface area (TPSA) is 65.4 Å². The average molecular weight is 486 g/mol. The summed E-state index contributed by atoms with van der Waals surface area (Å²) in [6, 6.07) is 23.7. The number of ether oxygens (including phenoxy) is 2. The highest BCUT2D eigenvalue weighted by Gasteiger charge is 2.12. The number of aryl methyl sites for hydroxylation is 1. The van der Waals surface area contributed by atoms with E-state index in [-0.39, 0.29) is 5.91 Å². The molecule has 0 saturated heterocycles. The lowest BCUT2D eigenvalue weighted by Crippen LogP contribution is -2.26. The first-order valence-electron chi connectivity index (χ1n) is 12.7. The molecular weight excluding hydrogens is 450 g/mol. The second kappa shape index (κ2) is 12.2. The highest BCUT2D eigenvalue weighted by atomic mass is 16.5. The summed E-state index contributed by atoms with van der Waals surface area (Å²) >= 11 is 0. The van der Waals surface area contributed by atoms with Crippen molar-refractivity contribution in [2.24, 2.45) is 0 Å². The Kier molecular flexibility index (Phi) is 8.61. The average Bonchev–Trinajstić information content (AvgIpc) is 3.28. The third kappa shape index (κ3) is 6.25. The van der Waals surface area contributed by atoms with E-state index < -0.39 is 0 Å². The molecule has 3 aromatic carbocycles. The number of nitrogens with zero attached hydrogens (tertiary/aromatic N) is 2. The van der Waals surface area contributed by atoms with E-state index in [4.69, 9.17) is 14.5 Å². The lowest BCUT2D eigenvalue weighted by Gasteiger charge is -2.12. The molecule has 0 aliphatic carbocycles. The molecule has 6 nitrogen and oxygen atoms in total. The number of amides is 1. The standard InChI is InChI=1S/C30H35N3O3/c1-4-22(2)23-13-15-25(16-14-23)36-20-8-19-33-28-12-6-5-11-27(28)32-29(33)17-18-31-30(34)24-9-7-10-26(21-24)35-3/h5-7,9-16,21-22H,4,8,17-20H2,1-3H3,(H,31,34). The van der Waals surface area contributed by atoms with Crippen molar-refractivity contribution in [3.05, 3.63) is 89.7 Å². The van der Waals surface area contributed by atoms with Crippen LogP contribution in [0.2, 0.25) is 0 Å². The molecule has 0 aliphatic rings. The van der Waals surface area contributed by atoms with E-state index >= 15 is 0 Å². The number of fused-ring (bicyclic) bond motifs is 1. The number of para-hydroxylation sites is 2. The maximum atomic E-state index is 12.6. The number of carbonyl (C=O) groups is 1. The third-order valence-electron chi connectivity index (χ3n) is 6.56. The summed E-state index contributed by atoms with van der Waals surface area (Å²) in [5, 5.41) is 3.00. The number of imidazole rings is 1. The van der Waals surface area contributed by atoms with Gasteiger partial charge in [0.2, 0.25) is 0 Å². The Bertz CT molecular complexity index is 1280. The first-order valence-corrected chi connectivity index (χ1v) is 12.7. The molecule has 0 fully saturated rings. The minimum Gasteiger partial charge on any atom is -0.497 e. The zero-order valence-electron chi connectivity index (χ0n) is 21.4. The molecule has 0 spiro atoms. The molecule has 1 unspecified atom stereocenters. The van der Waals surface area contributed by atoms with Gasteiger partial charge in [-0.3, -0.25) is 4.79 Å². The fourth-order valence-corrected chi connectivity index (χ4v) is 4.26. The van der Waals surface area contributed by atoms with Crippen molar-refractivity contribution in [2.45, 2.75) is 45.6 Å². The zero-order valence-corrected chi connectivity index (χ0v) is 21.4. The van der Waals surface area contributed by atoms with Crippen molar-refractivity contribution >= 4 is 16.9 Å². The smallest absolute Gasteiger partial charge is 0.251 e. The van der Waals surface area contributed by atoms with Crippen LogP contribution in [0.1, 0.15) is 54.4 Å². The minimum absolute atomic E-state index is 0.121. The Morgan fingerprint density at radius 3 is 2.61 bits per heavy atom. The van der Waals surface area contributed by atoms with Gasteiger partial charge >= 0.3 is 0 Å². The van der Waals surface area contributed by atoms with Gasteiger partial charge in [-0.25, -0.2) is 4.98 Å². The summed E-state index contributed by atoms with van der Waals surface area (Å²) in [5.74, 6) is 2.97. The number of aromatic nitrogens is 2. The molecule has 0 aliphatic heterocycles. The summed E-state index contributed by atoms with van der Waals surface area (Å²) in [4.78, 5) is 17.4. The van der Waals surface area contributed by atoms with Crippen molar-refractivity contribution < 1.29 is 14.3 Å². The summed E-state index contributed by atoms with van der Waals surface area (Å²) in [7, 11) is 1.59. The van der Waals surface area contributed by atoms with Crippen LogP contribution in [-0.2, 0) is 13.0 Å². The monoisotopic (exact) mass is 485 g/mol. The lowest BCUT2D eigenvalue weighted by atomic mass is 9.99. The molecule has 1 atom stereocenters. The molecule has 1 N–H and O–H groups in total. The Labute approximate surface area is 213 Å². The van der Waals surface area contributed by atoms with Gasteiger partial charge in [0.25, 0.3) is 5.91 Å². The van der Waals surface area contributed by atoms with Crippen LogP contribution in [0.3, 0.4) is 0 Å². The van der Waals surface area contributed by atoms with E-state index in [0.717, 1.165) is 42.0 Å². The molecule has 1 aromatic heterocycles. The molecule has 0 saturated carbocycles. The van der Waals surface area contributed by atoms with Crippen LogP contribution >= 0.6 is 0 Å².